The number of rotatable bonds is 2. The third-order valence-corrected chi connectivity index (χ3v) is 4.11. The van der Waals surface area contributed by atoms with Gasteiger partial charge in [-0.25, -0.2) is 0 Å². The van der Waals surface area contributed by atoms with E-state index in [0.717, 1.165) is 17.8 Å². The van der Waals surface area contributed by atoms with Gasteiger partial charge in [0.25, 0.3) is 0 Å². The van der Waals surface area contributed by atoms with E-state index in [0.29, 0.717) is 17.9 Å². The molecule has 5 atom stereocenters. The zero-order chi connectivity index (χ0) is 10.9. The first-order chi connectivity index (χ1) is 6.49. The summed E-state index contributed by atoms with van der Waals surface area (Å²) in [5.74, 6) is 3.86. The van der Waals surface area contributed by atoms with Crippen LogP contribution >= 0.6 is 0 Å². The van der Waals surface area contributed by atoms with Crippen molar-refractivity contribution in [2.75, 3.05) is 0 Å². The van der Waals surface area contributed by atoms with Gasteiger partial charge in [0.15, 0.2) is 0 Å². The highest BCUT2D eigenvalue weighted by molar-refractivity contribution is 5.25. The second-order valence-electron chi connectivity index (χ2n) is 5.54. The Morgan fingerprint density at radius 3 is 2.14 bits per heavy atom. The van der Waals surface area contributed by atoms with Crippen LogP contribution in [0.15, 0.2) is 4.99 Å². The van der Waals surface area contributed by atoms with Gasteiger partial charge in [-0.1, -0.05) is 34.6 Å². The molecule has 1 saturated carbocycles. The highest BCUT2D eigenvalue weighted by atomic mass is 14.8. The number of nitrogens with zero attached hydrogens (tertiary/aromatic N) is 1. The van der Waals surface area contributed by atoms with Crippen molar-refractivity contribution >= 4 is 6.72 Å². The summed E-state index contributed by atoms with van der Waals surface area (Å²) in [6.07, 6.45) is 1.32. The zero-order valence-corrected chi connectivity index (χ0v) is 10.3. The molecule has 1 nitrogen and oxygen atoms in total. The standard InChI is InChI=1S/C13H25N/c1-8(2)12-9(3)7-10(4)13(14-6)11(12)5/h8-13H,6-7H2,1-5H3/t9-,10?,11?,12?,13+/m1/s1. The lowest BCUT2D eigenvalue weighted by molar-refractivity contribution is 0.0753. The topological polar surface area (TPSA) is 12.4 Å². The fraction of sp³-hybridized carbons (Fsp3) is 0.923. The Bertz CT molecular complexity index is 197. The van der Waals surface area contributed by atoms with Crippen molar-refractivity contribution in [1.29, 1.82) is 0 Å². The maximum atomic E-state index is 4.33. The van der Waals surface area contributed by atoms with Gasteiger partial charge in [-0.15, -0.1) is 0 Å². The van der Waals surface area contributed by atoms with Gasteiger partial charge in [0.2, 0.25) is 0 Å². The van der Waals surface area contributed by atoms with E-state index in [9.17, 15) is 0 Å². The molecule has 0 aromatic carbocycles. The van der Waals surface area contributed by atoms with Crippen LogP contribution in [0.4, 0.5) is 0 Å². The Kier molecular flexibility index (Phi) is 3.74. The maximum Gasteiger partial charge on any atom is 0.0546 e. The Labute approximate surface area is 89.0 Å². The molecule has 1 heteroatoms. The van der Waals surface area contributed by atoms with Gasteiger partial charge in [0.05, 0.1) is 6.04 Å². The average molecular weight is 195 g/mol. The summed E-state index contributed by atoms with van der Waals surface area (Å²) in [4.78, 5) is 4.33. The van der Waals surface area contributed by atoms with Crippen LogP contribution in [-0.2, 0) is 0 Å². The van der Waals surface area contributed by atoms with E-state index in [2.05, 4.69) is 46.3 Å². The van der Waals surface area contributed by atoms with Gasteiger partial charge in [0, 0.05) is 0 Å². The van der Waals surface area contributed by atoms with Gasteiger partial charge in [-0.2, -0.15) is 0 Å². The Morgan fingerprint density at radius 2 is 1.71 bits per heavy atom. The molecule has 14 heavy (non-hydrogen) atoms. The molecular weight excluding hydrogens is 170 g/mol. The second-order valence-corrected chi connectivity index (χ2v) is 5.54. The van der Waals surface area contributed by atoms with Crippen LogP contribution in [0.25, 0.3) is 0 Å². The predicted octanol–water partition coefficient (Wildman–Crippen LogP) is 3.64. The zero-order valence-electron chi connectivity index (χ0n) is 10.3. The molecule has 0 aromatic heterocycles. The van der Waals surface area contributed by atoms with Crippen molar-refractivity contribution in [3.8, 4) is 0 Å². The van der Waals surface area contributed by atoms with Crippen LogP contribution in [0.3, 0.4) is 0 Å². The lowest BCUT2D eigenvalue weighted by Gasteiger charge is -2.44. The molecule has 1 rings (SSSR count). The second kappa shape index (κ2) is 4.46. The molecule has 1 aliphatic rings. The van der Waals surface area contributed by atoms with E-state index in [1.54, 1.807) is 0 Å². The normalized spacial score (nSPS) is 44.0. The van der Waals surface area contributed by atoms with Crippen molar-refractivity contribution in [3.05, 3.63) is 0 Å². The third kappa shape index (κ3) is 2.02. The fourth-order valence-corrected chi connectivity index (χ4v) is 3.76. The van der Waals surface area contributed by atoms with Crippen LogP contribution in [0.1, 0.15) is 41.0 Å². The first-order valence-corrected chi connectivity index (χ1v) is 5.94. The smallest absolute Gasteiger partial charge is 0.0546 e. The molecule has 3 unspecified atom stereocenters. The summed E-state index contributed by atoms with van der Waals surface area (Å²) in [6, 6.07) is 0.485. The van der Waals surface area contributed by atoms with E-state index in [1.165, 1.54) is 6.42 Å². The van der Waals surface area contributed by atoms with Crippen LogP contribution < -0.4 is 0 Å². The van der Waals surface area contributed by atoms with E-state index in [-0.39, 0.29) is 0 Å². The van der Waals surface area contributed by atoms with E-state index in [1.807, 2.05) is 0 Å². The fourth-order valence-electron chi connectivity index (χ4n) is 3.76. The van der Waals surface area contributed by atoms with Crippen molar-refractivity contribution in [3.63, 3.8) is 0 Å². The molecule has 0 saturated heterocycles. The van der Waals surface area contributed by atoms with Crippen LogP contribution in [-0.4, -0.2) is 12.8 Å². The van der Waals surface area contributed by atoms with Gasteiger partial charge >= 0.3 is 0 Å². The SMILES string of the molecule is C=N[C@H]1C(C)C[C@@H](C)C(C(C)C)C1C. The van der Waals surface area contributed by atoms with Crippen molar-refractivity contribution in [1.82, 2.24) is 0 Å². The summed E-state index contributed by atoms with van der Waals surface area (Å²) in [5, 5.41) is 0. The minimum atomic E-state index is 0.485. The molecule has 82 valence electrons. The van der Waals surface area contributed by atoms with Crippen molar-refractivity contribution in [2.24, 2.45) is 34.6 Å². The third-order valence-electron chi connectivity index (χ3n) is 4.11. The summed E-state index contributed by atoms with van der Waals surface area (Å²) in [5.41, 5.74) is 0. The number of hydrogen-bond donors (Lipinski definition) is 0. The molecule has 0 bridgehead atoms. The number of hydrogen-bond acceptors (Lipinski definition) is 1. The highest BCUT2D eigenvalue weighted by Crippen LogP contribution is 2.42. The Balaban J connectivity index is 2.82. The summed E-state index contributed by atoms with van der Waals surface area (Å²) >= 11 is 0. The minimum Gasteiger partial charge on any atom is -0.297 e. The van der Waals surface area contributed by atoms with Gasteiger partial charge < -0.3 is 0 Å². The molecule has 0 heterocycles. The molecule has 0 N–H and O–H groups in total. The monoisotopic (exact) mass is 195 g/mol. The first-order valence-electron chi connectivity index (χ1n) is 5.94. The van der Waals surface area contributed by atoms with Crippen molar-refractivity contribution < 1.29 is 0 Å². The molecular formula is C13H25N. The van der Waals surface area contributed by atoms with Gasteiger partial charge in [-0.3, -0.25) is 4.99 Å². The molecule has 1 aliphatic carbocycles. The quantitative estimate of drug-likeness (QED) is 0.597. The lowest BCUT2D eigenvalue weighted by Crippen LogP contribution is -2.41. The largest absolute Gasteiger partial charge is 0.297 e. The number of aliphatic imine (C=N–C) groups is 1. The van der Waals surface area contributed by atoms with E-state index in [4.69, 9.17) is 0 Å². The molecule has 0 aliphatic heterocycles. The average Bonchev–Trinajstić information content (AvgIpc) is 2.02. The summed E-state index contributed by atoms with van der Waals surface area (Å²) < 4.78 is 0. The van der Waals surface area contributed by atoms with Crippen molar-refractivity contribution in [2.45, 2.75) is 47.1 Å². The lowest BCUT2D eigenvalue weighted by atomic mass is 9.63. The highest BCUT2D eigenvalue weighted by Gasteiger charge is 2.39. The van der Waals surface area contributed by atoms with E-state index < -0.39 is 0 Å². The first kappa shape index (κ1) is 11.7. The molecule has 0 aromatic rings. The van der Waals surface area contributed by atoms with Gasteiger partial charge in [0.1, 0.15) is 0 Å². The predicted molar refractivity (Wildman–Crippen MR) is 63.8 cm³/mol. The van der Waals surface area contributed by atoms with Gasteiger partial charge in [-0.05, 0) is 42.7 Å². The van der Waals surface area contributed by atoms with Crippen LogP contribution in [0, 0.1) is 29.6 Å². The van der Waals surface area contributed by atoms with E-state index >= 15 is 0 Å². The molecule has 0 radical (unpaired) electrons. The summed E-state index contributed by atoms with van der Waals surface area (Å²) in [7, 11) is 0. The Morgan fingerprint density at radius 1 is 1.14 bits per heavy atom. The minimum absolute atomic E-state index is 0.485. The van der Waals surface area contributed by atoms with Crippen LogP contribution in [0.2, 0.25) is 0 Å². The van der Waals surface area contributed by atoms with Crippen LogP contribution in [0.5, 0.6) is 0 Å². The maximum absolute atomic E-state index is 4.33. The Hall–Kier alpha value is -0.330. The summed E-state index contributed by atoms with van der Waals surface area (Å²) in [6.45, 7) is 15.5. The molecule has 0 spiro atoms. The molecule has 1 fully saturated rings. The molecule has 0 amide bonds.